The van der Waals surface area contributed by atoms with Crippen LogP contribution in [0.5, 0.6) is 0 Å². The van der Waals surface area contributed by atoms with Crippen molar-refractivity contribution in [1.29, 1.82) is 0 Å². The van der Waals surface area contributed by atoms with Crippen LogP contribution < -0.4 is 4.90 Å². The van der Waals surface area contributed by atoms with Gasteiger partial charge in [0.1, 0.15) is 11.5 Å². The van der Waals surface area contributed by atoms with Gasteiger partial charge in [-0.2, -0.15) is 4.52 Å². The number of hydrogen-bond donors (Lipinski definition) is 0. The SMILES string of the molecule is CC1=C(C)CN(c2ccc3nnc(-c4ccccn4)n3n2)CC1. The summed E-state index contributed by atoms with van der Waals surface area (Å²) in [6.45, 7) is 6.31. The number of aromatic nitrogens is 5. The van der Waals surface area contributed by atoms with Gasteiger partial charge in [-0.1, -0.05) is 17.2 Å². The summed E-state index contributed by atoms with van der Waals surface area (Å²) in [5.74, 6) is 1.62. The fourth-order valence-electron chi connectivity index (χ4n) is 2.81. The number of fused-ring (bicyclic) bond motifs is 1. The number of nitrogens with zero attached hydrogens (tertiary/aromatic N) is 6. The molecule has 1 aliphatic rings. The van der Waals surface area contributed by atoms with Gasteiger partial charge in [0, 0.05) is 19.3 Å². The monoisotopic (exact) mass is 306 g/mol. The van der Waals surface area contributed by atoms with Crippen molar-refractivity contribution in [2.75, 3.05) is 18.0 Å². The first-order valence-corrected chi connectivity index (χ1v) is 7.76. The molecule has 0 atom stereocenters. The maximum Gasteiger partial charge on any atom is 0.203 e. The summed E-state index contributed by atoms with van der Waals surface area (Å²) in [5.41, 5.74) is 4.41. The average molecular weight is 306 g/mol. The van der Waals surface area contributed by atoms with Crippen molar-refractivity contribution in [3.63, 3.8) is 0 Å². The van der Waals surface area contributed by atoms with Crippen LogP contribution in [-0.2, 0) is 0 Å². The van der Waals surface area contributed by atoms with Crippen molar-refractivity contribution >= 4 is 11.5 Å². The summed E-state index contributed by atoms with van der Waals surface area (Å²) in [6, 6.07) is 9.72. The van der Waals surface area contributed by atoms with Crippen LogP contribution in [0.2, 0.25) is 0 Å². The minimum Gasteiger partial charge on any atom is -0.351 e. The summed E-state index contributed by atoms with van der Waals surface area (Å²) in [4.78, 5) is 6.65. The van der Waals surface area contributed by atoms with Crippen molar-refractivity contribution in [3.8, 4) is 11.5 Å². The van der Waals surface area contributed by atoms with E-state index in [-0.39, 0.29) is 0 Å². The highest BCUT2D eigenvalue weighted by Crippen LogP contribution is 2.23. The van der Waals surface area contributed by atoms with Gasteiger partial charge in [0.15, 0.2) is 5.65 Å². The second-order valence-electron chi connectivity index (χ2n) is 5.93. The quantitative estimate of drug-likeness (QED) is 0.681. The Labute approximate surface area is 134 Å². The molecule has 0 aromatic carbocycles. The van der Waals surface area contributed by atoms with Gasteiger partial charge in [0.2, 0.25) is 5.82 Å². The topological polar surface area (TPSA) is 59.2 Å². The zero-order valence-corrected chi connectivity index (χ0v) is 13.3. The van der Waals surface area contributed by atoms with Crippen LogP contribution in [0.4, 0.5) is 5.82 Å². The predicted molar refractivity (Wildman–Crippen MR) is 89.2 cm³/mol. The molecule has 0 aliphatic carbocycles. The minimum absolute atomic E-state index is 0.669. The van der Waals surface area contributed by atoms with Gasteiger partial charge in [0.25, 0.3) is 0 Å². The van der Waals surface area contributed by atoms with E-state index in [1.807, 2.05) is 30.3 Å². The molecule has 3 aromatic rings. The normalized spacial score (nSPS) is 15.5. The molecule has 3 aromatic heterocycles. The van der Waals surface area contributed by atoms with Crippen molar-refractivity contribution < 1.29 is 0 Å². The van der Waals surface area contributed by atoms with E-state index in [0.29, 0.717) is 5.82 Å². The molecule has 0 saturated heterocycles. The second-order valence-corrected chi connectivity index (χ2v) is 5.93. The van der Waals surface area contributed by atoms with Crippen LogP contribution in [0.3, 0.4) is 0 Å². The molecule has 6 heteroatoms. The molecule has 23 heavy (non-hydrogen) atoms. The van der Waals surface area contributed by atoms with E-state index in [0.717, 1.165) is 36.7 Å². The highest BCUT2D eigenvalue weighted by Gasteiger charge is 2.17. The molecule has 4 heterocycles. The fraction of sp³-hybridized carbons (Fsp3) is 0.294. The molecular weight excluding hydrogens is 288 g/mol. The third-order valence-electron chi connectivity index (χ3n) is 4.38. The maximum absolute atomic E-state index is 4.75. The van der Waals surface area contributed by atoms with E-state index >= 15 is 0 Å². The first kappa shape index (κ1) is 13.9. The molecule has 116 valence electrons. The number of anilines is 1. The summed E-state index contributed by atoms with van der Waals surface area (Å²) in [7, 11) is 0. The lowest BCUT2D eigenvalue weighted by Gasteiger charge is -2.29. The molecule has 4 rings (SSSR count). The predicted octanol–water partition coefficient (Wildman–Crippen LogP) is 2.73. The Hall–Kier alpha value is -2.76. The van der Waals surface area contributed by atoms with Crippen molar-refractivity contribution in [2.45, 2.75) is 20.3 Å². The maximum atomic E-state index is 4.75. The lowest BCUT2D eigenvalue weighted by molar-refractivity contribution is 0.732. The molecule has 1 aliphatic heterocycles. The Morgan fingerprint density at radius 2 is 1.91 bits per heavy atom. The summed E-state index contributed by atoms with van der Waals surface area (Å²) >= 11 is 0. The molecule has 0 saturated carbocycles. The Morgan fingerprint density at radius 3 is 2.70 bits per heavy atom. The Morgan fingerprint density at radius 1 is 1.00 bits per heavy atom. The number of pyridine rings is 1. The van der Waals surface area contributed by atoms with E-state index in [1.165, 1.54) is 11.1 Å². The molecule has 0 unspecified atom stereocenters. The Kier molecular flexibility index (Phi) is 3.29. The Balaban J connectivity index is 1.76. The average Bonchev–Trinajstić information content (AvgIpc) is 3.01. The fourth-order valence-corrected chi connectivity index (χ4v) is 2.81. The van der Waals surface area contributed by atoms with Gasteiger partial charge in [-0.25, -0.2) is 0 Å². The van der Waals surface area contributed by atoms with Gasteiger partial charge < -0.3 is 4.90 Å². The Bertz CT molecular complexity index is 880. The molecular formula is C17H18N6. The molecule has 0 spiro atoms. The van der Waals surface area contributed by atoms with Crippen LogP contribution in [-0.4, -0.2) is 37.9 Å². The first-order valence-electron chi connectivity index (χ1n) is 7.76. The molecule has 0 fully saturated rings. The van der Waals surface area contributed by atoms with Crippen LogP contribution in [0.25, 0.3) is 17.2 Å². The van der Waals surface area contributed by atoms with Crippen LogP contribution in [0, 0.1) is 0 Å². The number of rotatable bonds is 2. The second kappa shape index (κ2) is 5.46. The van der Waals surface area contributed by atoms with Gasteiger partial charge >= 0.3 is 0 Å². The highest BCUT2D eigenvalue weighted by molar-refractivity contribution is 5.56. The lowest BCUT2D eigenvalue weighted by Crippen LogP contribution is -2.31. The summed E-state index contributed by atoms with van der Waals surface area (Å²) in [6.07, 6.45) is 2.84. The van der Waals surface area contributed by atoms with Crippen LogP contribution in [0.1, 0.15) is 20.3 Å². The van der Waals surface area contributed by atoms with Crippen molar-refractivity contribution in [3.05, 3.63) is 47.7 Å². The van der Waals surface area contributed by atoms with Gasteiger partial charge in [-0.05, 0) is 44.5 Å². The van der Waals surface area contributed by atoms with E-state index in [9.17, 15) is 0 Å². The van der Waals surface area contributed by atoms with Crippen LogP contribution in [0.15, 0.2) is 47.7 Å². The number of hydrogen-bond acceptors (Lipinski definition) is 5. The van der Waals surface area contributed by atoms with Crippen molar-refractivity contribution in [1.82, 2.24) is 24.8 Å². The zero-order chi connectivity index (χ0) is 15.8. The van der Waals surface area contributed by atoms with E-state index in [2.05, 4.69) is 33.9 Å². The highest BCUT2D eigenvalue weighted by atomic mass is 15.4. The summed E-state index contributed by atoms with van der Waals surface area (Å²) < 4.78 is 1.78. The third kappa shape index (κ3) is 2.46. The van der Waals surface area contributed by atoms with E-state index < -0.39 is 0 Å². The lowest BCUT2D eigenvalue weighted by atomic mass is 10.0. The third-order valence-corrected chi connectivity index (χ3v) is 4.38. The smallest absolute Gasteiger partial charge is 0.203 e. The zero-order valence-electron chi connectivity index (χ0n) is 13.3. The molecule has 6 nitrogen and oxygen atoms in total. The van der Waals surface area contributed by atoms with Gasteiger partial charge in [-0.3, -0.25) is 4.98 Å². The minimum atomic E-state index is 0.669. The van der Waals surface area contributed by atoms with E-state index in [4.69, 9.17) is 5.10 Å². The van der Waals surface area contributed by atoms with Crippen LogP contribution >= 0.6 is 0 Å². The largest absolute Gasteiger partial charge is 0.351 e. The van der Waals surface area contributed by atoms with Gasteiger partial charge in [-0.15, -0.1) is 15.3 Å². The molecule has 0 radical (unpaired) electrons. The molecule has 0 amide bonds. The van der Waals surface area contributed by atoms with Gasteiger partial charge in [0.05, 0.1) is 0 Å². The first-order chi connectivity index (χ1) is 11.2. The summed E-state index contributed by atoms with van der Waals surface area (Å²) in [5, 5.41) is 13.2. The van der Waals surface area contributed by atoms with Crippen molar-refractivity contribution in [2.24, 2.45) is 0 Å². The molecule has 0 N–H and O–H groups in total. The standard InChI is InChI=1S/C17H18N6/c1-12-8-10-22(11-13(12)2)16-7-6-15-19-20-17(23(15)21-16)14-5-3-4-9-18-14/h3-7,9H,8,10-11H2,1-2H3. The van der Waals surface area contributed by atoms with E-state index in [1.54, 1.807) is 10.7 Å². The molecule has 0 bridgehead atoms.